The standard InChI is InChI=1S/C8H13N3O2/c1-12-5-7-10-11-8(13-7)6-3-2-4-9-6/h6,9H,2-5H2,1H3/t6-/m1/s1. The summed E-state index contributed by atoms with van der Waals surface area (Å²) in [4.78, 5) is 0. The summed E-state index contributed by atoms with van der Waals surface area (Å²) in [5.74, 6) is 1.23. The molecule has 1 N–H and O–H groups in total. The fraction of sp³-hybridized carbons (Fsp3) is 0.750. The maximum absolute atomic E-state index is 5.40. The predicted octanol–water partition coefficient (Wildman–Crippen LogP) is 0.641. The summed E-state index contributed by atoms with van der Waals surface area (Å²) in [5, 5.41) is 11.1. The SMILES string of the molecule is COCc1nnc([C@H]2CCCN2)o1. The molecule has 1 aromatic rings. The van der Waals surface area contributed by atoms with Crippen LogP contribution in [0.25, 0.3) is 0 Å². The molecule has 1 atom stereocenters. The Morgan fingerprint density at radius 1 is 1.62 bits per heavy atom. The van der Waals surface area contributed by atoms with Crippen LogP contribution in [0.15, 0.2) is 4.42 Å². The zero-order valence-electron chi connectivity index (χ0n) is 7.62. The zero-order chi connectivity index (χ0) is 9.10. The molecule has 0 bridgehead atoms. The van der Waals surface area contributed by atoms with Crippen LogP contribution in [0.1, 0.15) is 30.7 Å². The van der Waals surface area contributed by atoms with Crippen LogP contribution in [0.5, 0.6) is 0 Å². The molecule has 1 aromatic heterocycles. The lowest BCUT2D eigenvalue weighted by atomic mass is 10.2. The summed E-state index contributed by atoms with van der Waals surface area (Å²) in [6, 6.07) is 0.248. The molecule has 2 heterocycles. The molecule has 1 fully saturated rings. The number of ether oxygens (including phenoxy) is 1. The van der Waals surface area contributed by atoms with Gasteiger partial charge in [-0.15, -0.1) is 10.2 Å². The molecular formula is C8H13N3O2. The van der Waals surface area contributed by atoms with E-state index in [2.05, 4.69) is 15.5 Å². The fourth-order valence-electron chi connectivity index (χ4n) is 1.48. The van der Waals surface area contributed by atoms with Crippen molar-refractivity contribution < 1.29 is 9.15 Å². The molecule has 0 spiro atoms. The number of nitrogens with one attached hydrogen (secondary N) is 1. The number of nitrogens with zero attached hydrogens (tertiary/aromatic N) is 2. The van der Waals surface area contributed by atoms with Gasteiger partial charge in [0, 0.05) is 7.11 Å². The first-order chi connectivity index (χ1) is 6.40. The van der Waals surface area contributed by atoms with Crippen LogP contribution in [0, 0.1) is 0 Å². The highest BCUT2D eigenvalue weighted by molar-refractivity contribution is 4.92. The number of aromatic nitrogens is 2. The second kappa shape index (κ2) is 3.85. The van der Waals surface area contributed by atoms with Crippen LogP contribution in [-0.4, -0.2) is 23.9 Å². The van der Waals surface area contributed by atoms with Crippen molar-refractivity contribution in [2.24, 2.45) is 0 Å². The van der Waals surface area contributed by atoms with E-state index >= 15 is 0 Å². The molecule has 0 aliphatic carbocycles. The van der Waals surface area contributed by atoms with E-state index in [0.717, 1.165) is 13.0 Å². The summed E-state index contributed by atoms with van der Waals surface area (Å²) in [5.41, 5.74) is 0. The van der Waals surface area contributed by atoms with E-state index in [4.69, 9.17) is 9.15 Å². The Balaban J connectivity index is 2.03. The quantitative estimate of drug-likeness (QED) is 0.745. The van der Waals surface area contributed by atoms with Crippen LogP contribution in [0.4, 0.5) is 0 Å². The minimum Gasteiger partial charge on any atom is -0.421 e. The molecule has 0 radical (unpaired) electrons. The van der Waals surface area contributed by atoms with Gasteiger partial charge in [0.05, 0.1) is 6.04 Å². The lowest BCUT2D eigenvalue weighted by Gasteiger charge is -2.01. The molecule has 0 aromatic carbocycles. The molecule has 13 heavy (non-hydrogen) atoms. The van der Waals surface area contributed by atoms with Crippen LogP contribution < -0.4 is 5.32 Å². The van der Waals surface area contributed by atoms with Crippen LogP contribution in [0.2, 0.25) is 0 Å². The van der Waals surface area contributed by atoms with E-state index < -0.39 is 0 Å². The number of hydrogen-bond donors (Lipinski definition) is 1. The highest BCUT2D eigenvalue weighted by Crippen LogP contribution is 2.21. The Kier molecular flexibility index (Phi) is 2.56. The predicted molar refractivity (Wildman–Crippen MR) is 45.0 cm³/mol. The third-order valence-corrected chi connectivity index (χ3v) is 2.11. The minimum atomic E-state index is 0.248. The number of methoxy groups -OCH3 is 1. The Bertz CT molecular complexity index is 268. The van der Waals surface area contributed by atoms with Gasteiger partial charge < -0.3 is 14.5 Å². The average Bonchev–Trinajstić information content (AvgIpc) is 2.70. The van der Waals surface area contributed by atoms with Crippen LogP contribution in [-0.2, 0) is 11.3 Å². The van der Waals surface area contributed by atoms with Crippen molar-refractivity contribution >= 4 is 0 Å². The molecule has 1 aliphatic heterocycles. The maximum atomic E-state index is 5.40. The van der Waals surface area contributed by atoms with E-state index in [1.54, 1.807) is 7.11 Å². The van der Waals surface area contributed by atoms with E-state index in [1.807, 2.05) is 0 Å². The molecule has 5 heteroatoms. The van der Waals surface area contributed by atoms with E-state index in [9.17, 15) is 0 Å². The minimum absolute atomic E-state index is 0.248. The van der Waals surface area contributed by atoms with Crippen molar-refractivity contribution in [3.05, 3.63) is 11.8 Å². The summed E-state index contributed by atoms with van der Waals surface area (Å²) in [6.07, 6.45) is 2.25. The van der Waals surface area contributed by atoms with Gasteiger partial charge in [-0.05, 0) is 19.4 Å². The van der Waals surface area contributed by atoms with Gasteiger partial charge in [0.25, 0.3) is 0 Å². The van der Waals surface area contributed by atoms with Crippen molar-refractivity contribution in [2.45, 2.75) is 25.5 Å². The van der Waals surface area contributed by atoms with Crippen molar-refractivity contribution in [2.75, 3.05) is 13.7 Å². The summed E-state index contributed by atoms with van der Waals surface area (Å²) in [7, 11) is 1.61. The first kappa shape index (κ1) is 8.65. The molecule has 0 amide bonds. The normalized spacial score (nSPS) is 22.4. The molecular weight excluding hydrogens is 170 g/mol. The average molecular weight is 183 g/mol. The third-order valence-electron chi connectivity index (χ3n) is 2.11. The molecule has 1 aliphatic rings. The lowest BCUT2D eigenvalue weighted by Crippen LogP contribution is -2.12. The maximum Gasteiger partial charge on any atom is 0.242 e. The molecule has 72 valence electrons. The highest BCUT2D eigenvalue weighted by atomic mass is 16.5. The summed E-state index contributed by atoms with van der Waals surface area (Å²) in [6.45, 7) is 1.42. The Hall–Kier alpha value is -0.940. The molecule has 5 nitrogen and oxygen atoms in total. The first-order valence-electron chi connectivity index (χ1n) is 4.45. The van der Waals surface area contributed by atoms with Gasteiger partial charge in [0.15, 0.2) is 0 Å². The highest BCUT2D eigenvalue weighted by Gasteiger charge is 2.21. The summed E-state index contributed by atoms with van der Waals surface area (Å²) >= 11 is 0. The monoisotopic (exact) mass is 183 g/mol. The van der Waals surface area contributed by atoms with Crippen molar-refractivity contribution in [1.82, 2.24) is 15.5 Å². The summed E-state index contributed by atoms with van der Waals surface area (Å²) < 4.78 is 10.3. The van der Waals surface area contributed by atoms with E-state index in [1.165, 1.54) is 6.42 Å². The van der Waals surface area contributed by atoms with Gasteiger partial charge in [-0.2, -0.15) is 0 Å². The Labute approximate surface area is 76.5 Å². The lowest BCUT2D eigenvalue weighted by molar-refractivity contribution is 0.157. The van der Waals surface area contributed by atoms with Gasteiger partial charge in [0.2, 0.25) is 11.8 Å². The van der Waals surface area contributed by atoms with E-state index in [0.29, 0.717) is 18.4 Å². The third kappa shape index (κ3) is 1.87. The molecule has 0 unspecified atom stereocenters. The Morgan fingerprint density at radius 2 is 2.54 bits per heavy atom. The van der Waals surface area contributed by atoms with Crippen LogP contribution in [0.3, 0.4) is 0 Å². The molecule has 0 saturated carbocycles. The molecule has 1 saturated heterocycles. The number of hydrogen-bond acceptors (Lipinski definition) is 5. The van der Waals surface area contributed by atoms with Gasteiger partial charge in [0.1, 0.15) is 6.61 Å². The number of rotatable bonds is 3. The van der Waals surface area contributed by atoms with Crippen molar-refractivity contribution in [3.63, 3.8) is 0 Å². The molecule has 2 rings (SSSR count). The Morgan fingerprint density at radius 3 is 3.23 bits per heavy atom. The first-order valence-corrected chi connectivity index (χ1v) is 4.45. The van der Waals surface area contributed by atoms with Gasteiger partial charge in [-0.1, -0.05) is 0 Å². The van der Waals surface area contributed by atoms with Gasteiger partial charge in [-0.3, -0.25) is 0 Å². The van der Waals surface area contributed by atoms with Crippen molar-refractivity contribution in [1.29, 1.82) is 0 Å². The largest absolute Gasteiger partial charge is 0.421 e. The van der Waals surface area contributed by atoms with Crippen LogP contribution >= 0.6 is 0 Å². The zero-order valence-corrected chi connectivity index (χ0v) is 7.62. The smallest absolute Gasteiger partial charge is 0.242 e. The topological polar surface area (TPSA) is 60.2 Å². The van der Waals surface area contributed by atoms with Gasteiger partial charge in [-0.25, -0.2) is 0 Å². The van der Waals surface area contributed by atoms with Crippen molar-refractivity contribution in [3.8, 4) is 0 Å². The fourth-order valence-corrected chi connectivity index (χ4v) is 1.48. The van der Waals surface area contributed by atoms with Gasteiger partial charge >= 0.3 is 0 Å². The second-order valence-corrected chi connectivity index (χ2v) is 3.12. The van der Waals surface area contributed by atoms with E-state index in [-0.39, 0.29) is 6.04 Å². The second-order valence-electron chi connectivity index (χ2n) is 3.12.